The van der Waals surface area contributed by atoms with Gasteiger partial charge in [0.2, 0.25) is 0 Å². The van der Waals surface area contributed by atoms with Gasteiger partial charge in [-0.25, -0.2) is 0 Å². The number of nitrogens with one attached hydrogen (secondary N) is 1. The molecule has 1 heterocycles. The van der Waals surface area contributed by atoms with Gasteiger partial charge in [-0.1, -0.05) is 37.2 Å². The fourth-order valence-corrected chi connectivity index (χ4v) is 2.01. The highest BCUT2D eigenvalue weighted by molar-refractivity contribution is 5.45. The maximum absolute atomic E-state index is 5.38. The number of hydrogen-bond donors (Lipinski definition) is 1. The summed E-state index contributed by atoms with van der Waals surface area (Å²) in [6, 6.07) is 12.3. The van der Waals surface area contributed by atoms with Crippen LogP contribution >= 0.6 is 0 Å². The summed E-state index contributed by atoms with van der Waals surface area (Å²) in [6.45, 7) is 6.86. The van der Waals surface area contributed by atoms with Gasteiger partial charge in [-0.15, -0.1) is 0 Å². The van der Waals surface area contributed by atoms with E-state index < -0.39 is 0 Å². The van der Waals surface area contributed by atoms with Gasteiger partial charge >= 0.3 is 0 Å². The lowest BCUT2D eigenvalue weighted by atomic mass is 10.2. The van der Waals surface area contributed by atoms with E-state index in [0.29, 0.717) is 5.92 Å². The zero-order chi connectivity index (χ0) is 14.4. The van der Waals surface area contributed by atoms with E-state index in [1.165, 1.54) is 5.69 Å². The van der Waals surface area contributed by atoms with Crippen molar-refractivity contribution in [3.8, 4) is 0 Å². The van der Waals surface area contributed by atoms with E-state index in [4.69, 9.17) is 4.52 Å². The average molecular weight is 273 g/mol. The molecule has 1 aromatic heterocycles. The summed E-state index contributed by atoms with van der Waals surface area (Å²) in [4.78, 5) is 2.14. The molecule has 0 atom stereocenters. The Morgan fingerprint density at radius 2 is 2.00 bits per heavy atom. The van der Waals surface area contributed by atoms with Crippen molar-refractivity contribution in [3.05, 3.63) is 47.9 Å². The van der Waals surface area contributed by atoms with Gasteiger partial charge in [0, 0.05) is 25.3 Å². The summed E-state index contributed by atoms with van der Waals surface area (Å²) in [5.74, 6) is 1.53. The molecule has 4 heteroatoms. The summed E-state index contributed by atoms with van der Waals surface area (Å²) in [5.41, 5.74) is 2.13. The van der Waals surface area contributed by atoms with Gasteiger partial charge in [0.05, 0.1) is 12.2 Å². The van der Waals surface area contributed by atoms with Crippen molar-refractivity contribution < 1.29 is 4.52 Å². The highest BCUT2D eigenvalue weighted by Gasteiger charge is 2.07. The third-order valence-electron chi connectivity index (χ3n) is 3.06. The Balaban J connectivity index is 1.86. The predicted molar refractivity (Wildman–Crippen MR) is 81.6 cm³/mol. The minimum Gasteiger partial charge on any atom is -0.367 e. The second-order valence-electron chi connectivity index (χ2n) is 5.50. The summed E-state index contributed by atoms with van der Waals surface area (Å²) in [6.07, 6.45) is 0. The second-order valence-corrected chi connectivity index (χ2v) is 5.50. The highest BCUT2D eigenvalue weighted by atomic mass is 16.5. The monoisotopic (exact) mass is 273 g/mol. The molecule has 1 aromatic carbocycles. The van der Waals surface area contributed by atoms with Gasteiger partial charge in [-0.2, -0.15) is 0 Å². The van der Waals surface area contributed by atoms with Crippen molar-refractivity contribution in [2.45, 2.75) is 26.9 Å². The number of anilines is 1. The molecule has 0 amide bonds. The van der Waals surface area contributed by atoms with Crippen molar-refractivity contribution in [1.29, 1.82) is 0 Å². The first-order valence-corrected chi connectivity index (χ1v) is 7.06. The van der Waals surface area contributed by atoms with E-state index in [9.17, 15) is 0 Å². The number of para-hydroxylation sites is 1. The van der Waals surface area contributed by atoms with Gasteiger partial charge in [0.1, 0.15) is 0 Å². The molecular formula is C16H23N3O. The highest BCUT2D eigenvalue weighted by Crippen LogP contribution is 2.15. The molecule has 0 aliphatic heterocycles. The first-order chi connectivity index (χ1) is 9.65. The standard InChI is InChI=1S/C16H23N3O/c1-13(2)10-17-11-14-9-16(20-18-14)12-19(3)15-7-5-4-6-8-15/h4-9,13,17H,10-12H2,1-3H3. The smallest absolute Gasteiger partial charge is 0.156 e. The maximum Gasteiger partial charge on any atom is 0.156 e. The van der Waals surface area contributed by atoms with E-state index >= 15 is 0 Å². The fraction of sp³-hybridized carbons (Fsp3) is 0.438. The molecule has 0 aliphatic rings. The van der Waals surface area contributed by atoms with Crippen LogP contribution in [0.25, 0.3) is 0 Å². The molecule has 0 unspecified atom stereocenters. The zero-order valence-corrected chi connectivity index (χ0v) is 12.5. The van der Waals surface area contributed by atoms with Gasteiger partial charge < -0.3 is 14.7 Å². The third-order valence-corrected chi connectivity index (χ3v) is 3.06. The molecular weight excluding hydrogens is 250 g/mol. The Hall–Kier alpha value is -1.81. The van der Waals surface area contributed by atoms with Crippen molar-refractivity contribution in [3.63, 3.8) is 0 Å². The van der Waals surface area contributed by atoms with E-state index in [0.717, 1.165) is 31.1 Å². The van der Waals surface area contributed by atoms with Gasteiger partial charge in [-0.3, -0.25) is 0 Å². The summed E-state index contributed by atoms with van der Waals surface area (Å²) in [7, 11) is 2.05. The quantitative estimate of drug-likeness (QED) is 0.842. The Kier molecular flexibility index (Phi) is 5.18. The molecule has 1 N–H and O–H groups in total. The third kappa shape index (κ3) is 4.38. The van der Waals surface area contributed by atoms with Crippen LogP contribution in [0.3, 0.4) is 0 Å². The largest absolute Gasteiger partial charge is 0.367 e. The van der Waals surface area contributed by atoms with Crippen LogP contribution in [0.5, 0.6) is 0 Å². The van der Waals surface area contributed by atoms with E-state index in [2.05, 4.69) is 48.4 Å². The molecule has 0 fully saturated rings. The van der Waals surface area contributed by atoms with Crippen molar-refractivity contribution in [2.24, 2.45) is 5.92 Å². The lowest BCUT2D eigenvalue weighted by molar-refractivity contribution is 0.374. The SMILES string of the molecule is CC(C)CNCc1cc(CN(C)c2ccccc2)on1. The molecule has 4 nitrogen and oxygen atoms in total. The summed E-state index contributed by atoms with van der Waals surface area (Å²) in [5, 5.41) is 7.46. The molecule has 0 aliphatic carbocycles. The molecule has 0 saturated heterocycles. The molecule has 0 radical (unpaired) electrons. The van der Waals surface area contributed by atoms with E-state index in [-0.39, 0.29) is 0 Å². The first kappa shape index (κ1) is 14.6. The van der Waals surface area contributed by atoms with Crippen LogP contribution in [0.2, 0.25) is 0 Å². The van der Waals surface area contributed by atoms with Crippen LogP contribution < -0.4 is 10.2 Å². The molecule has 0 bridgehead atoms. The van der Waals surface area contributed by atoms with Crippen LogP contribution in [0, 0.1) is 5.92 Å². The van der Waals surface area contributed by atoms with Crippen LogP contribution in [-0.2, 0) is 13.1 Å². The molecule has 0 spiro atoms. The minimum atomic E-state index is 0.644. The predicted octanol–water partition coefficient (Wildman–Crippen LogP) is 3.06. The van der Waals surface area contributed by atoms with Crippen LogP contribution in [0.15, 0.2) is 40.9 Å². The van der Waals surface area contributed by atoms with Crippen LogP contribution in [-0.4, -0.2) is 18.7 Å². The maximum atomic E-state index is 5.38. The zero-order valence-electron chi connectivity index (χ0n) is 12.5. The minimum absolute atomic E-state index is 0.644. The summed E-state index contributed by atoms with van der Waals surface area (Å²) < 4.78 is 5.38. The topological polar surface area (TPSA) is 41.3 Å². The van der Waals surface area contributed by atoms with Crippen molar-refractivity contribution in [2.75, 3.05) is 18.5 Å². The number of nitrogens with zero attached hydrogens (tertiary/aromatic N) is 2. The molecule has 0 saturated carbocycles. The summed E-state index contributed by atoms with van der Waals surface area (Å²) >= 11 is 0. The van der Waals surface area contributed by atoms with Gasteiger partial charge in [0.25, 0.3) is 0 Å². The number of hydrogen-bond acceptors (Lipinski definition) is 4. The Morgan fingerprint density at radius 1 is 1.25 bits per heavy atom. The lowest BCUT2D eigenvalue weighted by Gasteiger charge is -2.16. The first-order valence-electron chi connectivity index (χ1n) is 7.06. The Bertz CT molecular complexity index is 507. The van der Waals surface area contributed by atoms with E-state index in [1.807, 2.05) is 24.3 Å². The second kappa shape index (κ2) is 7.10. The molecule has 108 valence electrons. The Labute approximate surface area is 120 Å². The van der Waals surface area contributed by atoms with Crippen LogP contribution in [0.1, 0.15) is 25.3 Å². The van der Waals surface area contributed by atoms with E-state index in [1.54, 1.807) is 0 Å². The molecule has 2 aromatic rings. The average Bonchev–Trinajstić information content (AvgIpc) is 2.87. The van der Waals surface area contributed by atoms with Crippen LogP contribution in [0.4, 0.5) is 5.69 Å². The number of aromatic nitrogens is 1. The van der Waals surface area contributed by atoms with Crippen molar-refractivity contribution >= 4 is 5.69 Å². The van der Waals surface area contributed by atoms with Gasteiger partial charge in [-0.05, 0) is 24.6 Å². The molecule has 20 heavy (non-hydrogen) atoms. The normalized spacial score (nSPS) is 11.0. The fourth-order valence-electron chi connectivity index (χ4n) is 2.01. The van der Waals surface area contributed by atoms with Gasteiger partial charge in [0.15, 0.2) is 5.76 Å². The molecule has 2 rings (SSSR count). The lowest BCUT2D eigenvalue weighted by Crippen LogP contribution is -2.19. The Morgan fingerprint density at radius 3 is 2.70 bits per heavy atom. The number of benzene rings is 1. The van der Waals surface area contributed by atoms with Crippen molar-refractivity contribution in [1.82, 2.24) is 10.5 Å². The number of rotatable bonds is 7.